The molecule has 1 aromatic carbocycles. The lowest BCUT2D eigenvalue weighted by Gasteiger charge is -2.19. The van der Waals surface area contributed by atoms with Gasteiger partial charge in [0.1, 0.15) is 0 Å². The molecule has 4 nitrogen and oxygen atoms in total. The van der Waals surface area contributed by atoms with Crippen LogP contribution in [0.2, 0.25) is 0 Å². The fourth-order valence-corrected chi connectivity index (χ4v) is 2.47. The molecule has 2 N–H and O–H groups in total. The molecule has 1 aliphatic heterocycles. The average Bonchev–Trinajstić information content (AvgIpc) is 2.85. The van der Waals surface area contributed by atoms with Crippen molar-refractivity contribution < 1.29 is 4.79 Å². The predicted molar refractivity (Wildman–Crippen MR) is 83.2 cm³/mol. The largest absolute Gasteiger partial charge is 0.371 e. The highest BCUT2D eigenvalue weighted by Gasteiger charge is 2.17. The molecule has 0 atom stereocenters. The Morgan fingerprint density at radius 3 is 2.90 bits per heavy atom. The first kappa shape index (κ1) is 14.7. The number of urea groups is 1. The topological polar surface area (TPSA) is 44.4 Å². The quantitative estimate of drug-likeness (QED) is 0.783. The normalized spacial score (nSPS) is 13.4. The van der Waals surface area contributed by atoms with E-state index in [-0.39, 0.29) is 6.03 Å². The van der Waals surface area contributed by atoms with E-state index in [9.17, 15) is 4.79 Å². The van der Waals surface area contributed by atoms with Crippen LogP contribution < -0.4 is 15.5 Å². The van der Waals surface area contributed by atoms with E-state index < -0.39 is 0 Å². The Morgan fingerprint density at radius 2 is 2.10 bits per heavy atom. The van der Waals surface area contributed by atoms with Gasteiger partial charge in [0.2, 0.25) is 0 Å². The minimum absolute atomic E-state index is 0.0551. The van der Waals surface area contributed by atoms with Crippen LogP contribution in [0.4, 0.5) is 10.5 Å². The molecule has 110 valence electrons. The van der Waals surface area contributed by atoms with Gasteiger partial charge >= 0.3 is 6.03 Å². The molecule has 20 heavy (non-hydrogen) atoms. The molecular weight excluding hydrogens is 250 g/mol. The van der Waals surface area contributed by atoms with E-state index in [1.54, 1.807) is 0 Å². The van der Waals surface area contributed by atoms with Gasteiger partial charge in [-0.2, -0.15) is 0 Å². The van der Waals surface area contributed by atoms with Crippen molar-refractivity contribution in [3.05, 3.63) is 29.8 Å². The maximum Gasteiger partial charge on any atom is 0.314 e. The Hall–Kier alpha value is -1.71. The standard InChI is InChI=1S/C16H25N3O/c1-13(2)12-18-16(20)17-9-5-10-19-11-8-14-6-3-4-7-15(14)19/h3-4,6-7,13H,5,8-12H2,1-2H3,(H2,17,18,20). The van der Waals surface area contributed by atoms with Crippen LogP contribution in [0.15, 0.2) is 24.3 Å². The number of hydrogen-bond acceptors (Lipinski definition) is 2. The van der Waals surface area contributed by atoms with Gasteiger partial charge in [0.25, 0.3) is 0 Å². The molecule has 2 rings (SSSR count). The van der Waals surface area contributed by atoms with Gasteiger partial charge in [0.05, 0.1) is 0 Å². The number of nitrogens with zero attached hydrogens (tertiary/aromatic N) is 1. The van der Waals surface area contributed by atoms with Crippen LogP contribution in [-0.2, 0) is 6.42 Å². The fraction of sp³-hybridized carbons (Fsp3) is 0.562. The fourth-order valence-electron chi connectivity index (χ4n) is 2.47. The van der Waals surface area contributed by atoms with Crippen molar-refractivity contribution in [2.45, 2.75) is 26.7 Å². The van der Waals surface area contributed by atoms with E-state index >= 15 is 0 Å². The Labute approximate surface area is 121 Å². The summed E-state index contributed by atoms with van der Waals surface area (Å²) in [6.45, 7) is 7.73. The van der Waals surface area contributed by atoms with Crippen molar-refractivity contribution in [2.24, 2.45) is 5.92 Å². The van der Waals surface area contributed by atoms with Gasteiger partial charge in [-0.05, 0) is 30.4 Å². The van der Waals surface area contributed by atoms with Crippen LogP contribution >= 0.6 is 0 Å². The van der Waals surface area contributed by atoms with Gasteiger partial charge in [-0.15, -0.1) is 0 Å². The van der Waals surface area contributed by atoms with Crippen LogP contribution in [0.25, 0.3) is 0 Å². The van der Waals surface area contributed by atoms with Crippen LogP contribution in [0.3, 0.4) is 0 Å². The molecule has 0 saturated carbocycles. The smallest absolute Gasteiger partial charge is 0.314 e. The SMILES string of the molecule is CC(C)CNC(=O)NCCCN1CCc2ccccc21. The van der Waals surface area contributed by atoms with Crippen molar-refractivity contribution in [1.82, 2.24) is 10.6 Å². The molecule has 1 heterocycles. The summed E-state index contributed by atoms with van der Waals surface area (Å²) in [4.78, 5) is 13.9. The van der Waals surface area contributed by atoms with E-state index in [4.69, 9.17) is 0 Å². The number of benzene rings is 1. The highest BCUT2D eigenvalue weighted by molar-refractivity contribution is 5.73. The molecule has 0 radical (unpaired) electrons. The van der Waals surface area contributed by atoms with E-state index in [0.717, 1.165) is 39.0 Å². The number of hydrogen-bond donors (Lipinski definition) is 2. The summed E-state index contributed by atoms with van der Waals surface area (Å²) in [5.74, 6) is 0.488. The van der Waals surface area contributed by atoms with E-state index in [0.29, 0.717) is 5.92 Å². The highest BCUT2D eigenvalue weighted by Crippen LogP contribution is 2.27. The molecule has 1 aromatic rings. The Bertz CT molecular complexity index is 445. The molecule has 0 aromatic heterocycles. The van der Waals surface area contributed by atoms with Crippen molar-refractivity contribution in [3.8, 4) is 0 Å². The van der Waals surface area contributed by atoms with Crippen molar-refractivity contribution >= 4 is 11.7 Å². The molecule has 2 amide bonds. The summed E-state index contributed by atoms with van der Waals surface area (Å²) in [6, 6.07) is 8.52. The summed E-state index contributed by atoms with van der Waals surface area (Å²) in [5.41, 5.74) is 2.80. The second-order valence-corrected chi connectivity index (χ2v) is 5.75. The third kappa shape index (κ3) is 4.15. The Balaban J connectivity index is 1.64. The third-order valence-electron chi connectivity index (χ3n) is 3.54. The maximum absolute atomic E-state index is 11.5. The first-order valence-electron chi connectivity index (χ1n) is 7.51. The molecule has 4 heteroatoms. The first-order chi connectivity index (χ1) is 9.66. The number of carbonyl (C=O) groups is 1. The Kier molecular flexibility index (Phi) is 5.27. The number of nitrogens with one attached hydrogen (secondary N) is 2. The summed E-state index contributed by atoms with van der Waals surface area (Å²) in [7, 11) is 0. The van der Waals surface area contributed by atoms with Crippen LogP contribution in [0.1, 0.15) is 25.8 Å². The number of fused-ring (bicyclic) bond motifs is 1. The Morgan fingerprint density at radius 1 is 1.30 bits per heavy atom. The van der Waals surface area contributed by atoms with Gasteiger partial charge in [0.15, 0.2) is 0 Å². The highest BCUT2D eigenvalue weighted by atomic mass is 16.2. The molecular formula is C16H25N3O. The number of anilines is 1. The van der Waals surface area contributed by atoms with Gasteiger partial charge < -0.3 is 15.5 Å². The van der Waals surface area contributed by atoms with E-state index in [2.05, 4.69) is 53.6 Å². The monoisotopic (exact) mass is 275 g/mol. The summed E-state index contributed by atoms with van der Waals surface area (Å²) in [6.07, 6.45) is 2.11. The summed E-state index contributed by atoms with van der Waals surface area (Å²) in [5, 5.41) is 5.77. The number of para-hydroxylation sites is 1. The first-order valence-corrected chi connectivity index (χ1v) is 7.51. The predicted octanol–water partition coefficient (Wildman–Crippen LogP) is 2.39. The molecule has 0 saturated heterocycles. The van der Waals surface area contributed by atoms with E-state index in [1.165, 1.54) is 11.3 Å². The number of rotatable bonds is 6. The number of carbonyl (C=O) groups excluding carboxylic acids is 1. The van der Waals surface area contributed by atoms with Crippen molar-refractivity contribution in [2.75, 3.05) is 31.1 Å². The van der Waals surface area contributed by atoms with Crippen LogP contribution in [0.5, 0.6) is 0 Å². The van der Waals surface area contributed by atoms with Crippen LogP contribution in [0, 0.1) is 5.92 Å². The zero-order valence-corrected chi connectivity index (χ0v) is 12.5. The van der Waals surface area contributed by atoms with Gasteiger partial charge in [-0.1, -0.05) is 32.0 Å². The lowest BCUT2D eigenvalue weighted by Crippen LogP contribution is -2.38. The zero-order chi connectivity index (χ0) is 14.4. The van der Waals surface area contributed by atoms with Gasteiger partial charge in [0, 0.05) is 31.9 Å². The summed E-state index contributed by atoms with van der Waals surface area (Å²) < 4.78 is 0. The molecule has 1 aliphatic rings. The van der Waals surface area contributed by atoms with Crippen LogP contribution in [-0.4, -0.2) is 32.2 Å². The lowest BCUT2D eigenvalue weighted by molar-refractivity contribution is 0.239. The molecule has 0 unspecified atom stereocenters. The van der Waals surface area contributed by atoms with Gasteiger partial charge in [-0.25, -0.2) is 4.79 Å². The minimum atomic E-state index is -0.0551. The number of amides is 2. The second-order valence-electron chi connectivity index (χ2n) is 5.75. The van der Waals surface area contributed by atoms with Crippen molar-refractivity contribution in [1.29, 1.82) is 0 Å². The molecule has 0 bridgehead atoms. The van der Waals surface area contributed by atoms with E-state index in [1.807, 2.05) is 0 Å². The van der Waals surface area contributed by atoms with Gasteiger partial charge in [-0.3, -0.25) is 0 Å². The minimum Gasteiger partial charge on any atom is -0.371 e. The average molecular weight is 275 g/mol. The molecule has 0 spiro atoms. The maximum atomic E-state index is 11.5. The summed E-state index contributed by atoms with van der Waals surface area (Å²) >= 11 is 0. The molecule has 0 aliphatic carbocycles. The third-order valence-corrected chi connectivity index (χ3v) is 3.54. The zero-order valence-electron chi connectivity index (χ0n) is 12.5. The second kappa shape index (κ2) is 7.17. The van der Waals surface area contributed by atoms with Crippen molar-refractivity contribution in [3.63, 3.8) is 0 Å². The molecule has 0 fully saturated rings. The lowest BCUT2D eigenvalue weighted by atomic mass is 10.2.